The van der Waals surface area contributed by atoms with Crippen molar-refractivity contribution in [1.29, 1.82) is 0 Å². The minimum atomic E-state index is 0.438. The fourth-order valence-electron chi connectivity index (χ4n) is 1.07. The Kier molecular flexibility index (Phi) is 3.73. The third-order valence-corrected chi connectivity index (χ3v) is 1.82. The number of hydrogen-bond acceptors (Lipinski definition) is 3. The Morgan fingerprint density at radius 3 is 2.85 bits per heavy atom. The van der Waals surface area contributed by atoms with E-state index in [1.54, 1.807) is 0 Å². The summed E-state index contributed by atoms with van der Waals surface area (Å²) in [5.41, 5.74) is 4.34. The average molecular weight is 181 g/mol. The van der Waals surface area contributed by atoms with Crippen LogP contribution in [0.5, 0.6) is 5.75 Å². The van der Waals surface area contributed by atoms with Gasteiger partial charge in [0.05, 0.1) is 6.54 Å². The maximum Gasteiger partial charge on any atom is 0.122 e. The molecule has 0 heterocycles. The van der Waals surface area contributed by atoms with Crippen molar-refractivity contribution in [3.05, 3.63) is 29.3 Å². The molecule has 3 heteroatoms. The van der Waals surface area contributed by atoms with Crippen molar-refractivity contribution < 1.29 is 9.94 Å². The highest BCUT2D eigenvalue weighted by molar-refractivity contribution is 5.35. The standard InChI is InChI=1S/C10H15NO2/c1-8-3-4-9(2)10(7-8)13-6-5-11-12/h3-4,7,11-12H,5-6H2,1-2H3. The molecule has 1 aromatic rings. The summed E-state index contributed by atoms with van der Waals surface area (Å²) in [5.74, 6) is 0.884. The van der Waals surface area contributed by atoms with E-state index in [1.807, 2.05) is 37.5 Å². The Morgan fingerprint density at radius 2 is 2.15 bits per heavy atom. The molecule has 0 aromatic heterocycles. The lowest BCUT2D eigenvalue weighted by Gasteiger charge is -2.08. The van der Waals surface area contributed by atoms with Gasteiger partial charge in [-0.05, 0) is 31.0 Å². The summed E-state index contributed by atoms with van der Waals surface area (Å²) in [6.45, 7) is 4.94. The summed E-state index contributed by atoms with van der Waals surface area (Å²) in [5, 5.41) is 8.34. The number of benzene rings is 1. The summed E-state index contributed by atoms with van der Waals surface area (Å²) < 4.78 is 5.44. The molecule has 72 valence electrons. The highest BCUT2D eigenvalue weighted by atomic mass is 16.5. The monoisotopic (exact) mass is 181 g/mol. The number of hydrogen-bond donors (Lipinski definition) is 2. The Labute approximate surface area is 78.3 Å². The first-order chi connectivity index (χ1) is 6.24. The van der Waals surface area contributed by atoms with E-state index >= 15 is 0 Å². The molecule has 0 bridgehead atoms. The lowest BCUT2D eigenvalue weighted by atomic mass is 10.1. The summed E-state index contributed by atoms with van der Waals surface area (Å²) in [6, 6.07) is 6.07. The summed E-state index contributed by atoms with van der Waals surface area (Å²) in [6.07, 6.45) is 0. The molecule has 0 atom stereocenters. The van der Waals surface area contributed by atoms with Gasteiger partial charge in [0.2, 0.25) is 0 Å². The fraction of sp³-hybridized carbons (Fsp3) is 0.400. The molecule has 0 amide bonds. The van der Waals surface area contributed by atoms with Gasteiger partial charge >= 0.3 is 0 Å². The lowest BCUT2D eigenvalue weighted by Crippen LogP contribution is -2.16. The molecule has 0 aliphatic rings. The third kappa shape index (κ3) is 3.05. The van der Waals surface area contributed by atoms with E-state index in [-0.39, 0.29) is 0 Å². The Morgan fingerprint density at radius 1 is 1.38 bits per heavy atom. The molecule has 1 aromatic carbocycles. The van der Waals surface area contributed by atoms with Crippen molar-refractivity contribution in [1.82, 2.24) is 5.48 Å². The number of nitrogens with one attached hydrogen (secondary N) is 1. The van der Waals surface area contributed by atoms with Gasteiger partial charge in [0.25, 0.3) is 0 Å². The second-order valence-corrected chi connectivity index (χ2v) is 3.03. The molecule has 0 aliphatic heterocycles. The van der Waals surface area contributed by atoms with E-state index < -0.39 is 0 Å². The second-order valence-electron chi connectivity index (χ2n) is 3.03. The summed E-state index contributed by atoms with van der Waals surface area (Å²) >= 11 is 0. The second kappa shape index (κ2) is 4.84. The van der Waals surface area contributed by atoms with E-state index in [1.165, 1.54) is 5.56 Å². The Balaban J connectivity index is 2.59. The molecule has 2 N–H and O–H groups in total. The fourth-order valence-corrected chi connectivity index (χ4v) is 1.07. The quantitative estimate of drug-likeness (QED) is 0.548. The Hall–Kier alpha value is -1.06. The smallest absolute Gasteiger partial charge is 0.122 e. The number of rotatable bonds is 4. The van der Waals surface area contributed by atoms with Crippen LogP contribution in [0.1, 0.15) is 11.1 Å². The molecule has 0 saturated carbocycles. The largest absolute Gasteiger partial charge is 0.492 e. The molecule has 0 spiro atoms. The van der Waals surface area contributed by atoms with Crippen LogP contribution in [0.3, 0.4) is 0 Å². The first-order valence-corrected chi connectivity index (χ1v) is 4.31. The van der Waals surface area contributed by atoms with Gasteiger partial charge in [0, 0.05) is 0 Å². The highest BCUT2D eigenvalue weighted by Gasteiger charge is 1.98. The summed E-state index contributed by atoms with van der Waals surface area (Å²) in [4.78, 5) is 0. The van der Waals surface area contributed by atoms with Gasteiger partial charge < -0.3 is 9.94 Å². The zero-order valence-electron chi connectivity index (χ0n) is 8.00. The Bertz CT molecular complexity index is 274. The first-order valence-electron chi connectivity index (χ1n) is 4.31. The minimum absolute atomic E-state index is 0.438. The van der Waals surface area contributed by atoms with Crippen molar-refractivity contribution >= 4 is 0 Å². The van der Waals surface area contributed by atoms with Crippen LogP contribution in [0.2, 0.25) is 0 Å². The van der Waals surface area contributed by atoms with E-state index in [0.29, 0.717) is 13.2 Å². The van der Waals surface area contributed by atoms with E-state index in [4.69, 9.17) is 9.94 Å². The zero-order chi connectivity index (χ0) is 9.68. The van der Waals surface area contributed by atoms with Crippen molar-refractivity contribution in [2.45, 2.75) is 13.8 Å². The van der Waals surface area contributed by atoms with E-state index in [2.05, 4.69) is 0 Å². The van der Waals surface area contributed by atoms with Crippen molar-refractivity contribution in [2.24, 2.45) is 0 Å². The summed E-state index contributed by atoms with van der Waals surface area (Å²) in [7, 11) is 0. The topological polar surface area (TPSA) is 41.5 Å². The normalized spacial score (nSPS) is 10.1. The molecule has 0 saturated heterocycles. The van der Waals surface area contributed by atoms with Crippen LogP contribution in [0.25, 0.3) is 0 Å². The number of aryl methyl sites for hydroxylation is 2. The molecular weight excluding hydrogens is 166 g/mol. The van der Waals surface area contributed by atoms with Gasteiger partial charge in [-0.3, -0.25) is 0 Å². The number of hydroxylamine groups is 1. The van der Waals surface area contributed by atoms with Crippen molar-refractivity contribution in [2.75, 3.05) is 13.2 Å². The first kappa shape index (κ1) is 10.0. The maximum absolute atomic E-state index is 8.34. The molecule has 0 fully saturated rings. The van der Waals surface area contributed by atoms with Crippen LogP contribution in [-0.2, 0) is 0 Å². The molecule has 0 aliphatic carbocycles. The van der Waals surface area contributed by atoms with Crippen LogP contribution in [0, 0.1) is 13.8 Å². The molecule has 0 unspecified atom stereocenters. The van der Waals surface area contributed by atoms with Gasteiger partial charge in [-0.25, -0.2) is 5.48 Å². The third-order valence-electron chi connectivity index (χ3n) is 1.82. The van der Waals surface area contributed by atoms with Crippen LogP contribution in [0.4, 0.5) is 0 Å². The van der Waals surface area contributed by atoms with Crippen LogP contribution >= 0.6 is 0 Å². The predicted octanol–water partition coefficient (Wildman–Crippen LogP) is 1.66. The highest BCUT2D eigenvalue weighted by Crippen LogP contribution is 2.18. The average Bonchev–Trinajstić information content (AvgIpc) is 2.11. The van der Waals surface area contributed by atoms with E-state index in [0.717, 1.165) is 11.3 Å². The van der Waals surface area contributed by atoms with Gasteiger partial charge in [-0.15, -0.1) is 0 Å². The number of ether oxygens (including phenoxy) is 1. The molecule has 0 radical (unpaired) electrons. The lowest BCUT2D eigenvalue weighted by molar-refractivity contribution is 0.145. The van der Waals surface area contributed by atoms with Gasteiger partial charge in [-0.1, -0.05) is 12.1 Å². The SMILES string of the molecule is Cc1ccc(C)c(OCCNO)c1. The molecule has 3 nitrogen and oxygen atoms in total. The molecule has 13 heavy (non-hydrogen) atoms. The van der Waals surface area contributed by atoms with Gasteiger partial charge in [0.1, 0.15) is 12.4 Å². The van der Waals surface area contributed by atoms with Crippen molar-refractivity contribution in [3.63, 3.8) is 0 Å². The van der Waals surface area contributed by atoms with Crippen LogP contribution < -0.4 is 10.2 Å². The minimum Gasteiger partial charge on any atom is -0.492 e. The van der Waals surface area contributed by atoms with Gasteiger partial charge in [0.15, 0.2) is 0 Å². The molecule has 1 rings (SSSR count). The van der Waals surface area contributed by atoms with E-state index in [9.17, 15) is 0 Å². The predicted molar refractivity (Wildman–Crippen MR) is 51.2 cm³/mol. The molecular formula is C10H15NO2. The van der Waals surface area contributed by atoms with Gasteiger partial charge in [-0.2, -0.15) is 0 Å². The maximum atomic E-state index is 8.34. The zero-order valence-corrected chi connectivity index (χ0v) is 8.00. The van der Waals surface area contributed by atoms with Crippen molar-refractivity contribution in [3.8, 4) is 5.75 Å². The van der Waals surface area contributed by atoms with Crippen LogP contribution in [0.15, 0.2) is 18.2 Å². The van der Waals surface area contributed by atoms with Crippen LogP contribution in [-0.4, -0.2) is 18.4 Å².